The average Bonchev–Trinajstić information content (AvgIpc) is 2.15. The molecule has 0 radical (unpaired) electrons. The molecule has 0 N–H and O–H groups in total. The van der Waals surface area contributed by atoms with Crippen LogP contribution in [0.1, 0.15) is 84.6 Å². The summed E-state index contributed by atoms with van der Waals surface area (Å²) in [4.78, 5) is 7.65. The maximum Gasteiger partial charge on any atom is 0.255 e. The molecule has 0 unspecified atom stereocenters. The Labute approximate surface area is 474 Å². The maximum absolute atomic E-state index is 2.66. The van der Waals surface area contributed by atoms with Crippen LogP contribution in [0, 0.1) is 6.92 Å². The number of aromatic nitrogens is 1. The molecule has 0 aliphatic carbocycles. The van der Waals surface area contributed by atoms with Crippen molar-refractivity contribution in [3.8, 4) is 27.9 Å². The van der Waals surface area contributed by atoms with Crippen LogP contribution in [0.5, 0.6) is 0 Å². The molecule has 2 aliphatic rings. The highest BCUT2D eigenvalue weighted by Gasteiger charge is 2.47. The Hall–Kier alpha value is -8.80. The molecule has 392 valence electrons. The molecule has 80 heavy (non-hydrogen) atoms. The van der Waals surface area contributed by atoms with Crippen molar-refractivity contribution in [2.45, 2.75) is 85.5 Å². The SMILES string of the molecule is Cc1cc2c3c(c1)N(c1ccc(C(C)(C)C)cc1-c1ccccc1)c1c(c4cc(C(C)(C)C)ccc4n1-c1ccccc1-c1ccccc1)B3c1ccc(N(c3ccccc3)c3ccccc3)cc1N2c1ccc(C(C)(C)C)cc1. The van der Waals surface area contributed by atoms with E-state index in [4.69, 9.17) is 0 Å². The van der Waals surface area contributed by atoms with E-state index in [1.165, 1.54) is 83.2 Å². The molecule has 4 nitrogen and oxygen atoms in total. The molecule has 0 atom stereocenters. The quantitative estimate of drug-likeness (QED) is 0.141. The van der Waals surface area contributed by atoms with Gasteiger partial charge in [0.1, 0.15) is 5.82 Å². The summed E-state index contributed by atoms with van der Waals surface area (Å²) >= 11 is 0. The van der Waals surface area contributed by atoms with Gasteiger partial charge in [-0.05, 0) is 169 Å². The number of hydrogen-bond donors (Lipinski definition) is 0. The van der Waals surface area contributed by atoms with Crippen LogP contribution in [-0.4, -0.2) is 11.3 Å². The molecule has 10 aromatic carbocycles. The van der Waals surface area contributed by atoms with E-state index in [1.54, 1.807) is 0 Å². The number of para-hydroxylation sites is 3. The lowest BCUT2D eigenvalue weighted by atomic mass is 9.33. The molecule has 3 heterocycles. The van der Waals surface area contributed by atoms with Crippen molar-refractivity contribution in [3.05, 3.63) is 259 Å². The van der Waals surface area contributed by atoms with Gasteiger partial charge in [0.2, 0.25) is 0 Å². The van der Waals surface area contributed by atoms with E-state index in [-0.39, 0.29) is 23.0 Å². The van der Waals surface area contributed by atoms with E-state index in [0.717, 1.165) is 45.6 Å². The first-order chi connectivity index (χ1) is 38.5. The summed E-state index contributed by atoms with van der Waals surface area (Å²) in [6.07, 6.45) is 0. The van der Waals surface area contributed by atoms with Crippen molar-refractivity contribution >= 4 is 85.3 Å². The smallest absolute Gasteiger partial charge is 0.255 e. The molecule has 0 fully saturated rings. The monoisotopic (exact) mass is 1040 g/mol. The van der Waals surface area contributed by atoms with Crippen molar-refractivity contribution in [2.75, 3.05) is 14.7 Å². The van der Waals surface area contributed by atoms with Gasteiger partial charge in [-0.1, -0.05) is 208 Å². The summed E-state index contributed by atoms with van der Waals surface area (Å²) in [6.45, 7) is 23.0. The standard InChI is InChI=1S/C75H69BN4/c1-50-45-68-71-69(46-50)80(65-43-37-54(74(5,6)7)47-61(65)52-27-17-12-18-28-52)72-70(62-48-55(75(8,9)10)38-44-66(62)79(72)64-34-24-23-33-60(64)51-25-15-11-16-26-51)76(71)63-42-41-59(77(56-29-19-13-20-30-56)57-31-21-14-22-32-57)49-67(63)78(68)58-39-35-53(36-40-58)73(2,3)4/h11-49H,1-10H3. The van der Waals surface area contributed by atoms with Gasteiger partial charge in [0.05, 0.1) is 16.9 Å². The molecule has 0 saturated carbocycles. The zero-order chi connectivity index (χ0) is 55.2. The minimum Gasteiger partial charge on any atom is -0.311 e. The summed E-state index contributed by atoms with van der Waals surface area (Å²) in [5, 5.41) is 1.25. The molecule has 0 amide bonds. The summed E-state index contributed by atoms with van der Waals surface area (Å²) < 4.78 is 2.62. The van der Waals surface area contributed by atoms with Crippen LogP contribution in [-0.2, 0) is 16.2 Å². The minimum atomic E-state index is -0.167. The minimum absolute atomic E-state index is 0.0138. The lowest BCUT2D eigenvalue weighted by molar-refractivity contribution is 0.590. The highest BCUT2D eigenvalue weighted by atomic mass is 15.3. The van der Waals surface area contributed by atoms with Gasteiger partial charge in [-0.3, -0.25) is 9.47 Å². The van der Waals surface area contributed by atoms with E-state index in [0.29, 0.717) is 0 Å². The number of rotatable bonds is 8. The van der Waals surface area contributed by atoms with E-state index in [9.17, 15) is 0 Å². The highest BCUT2D eigenvalue weighted by molar-refractivity contribution is 7.01. The number of benzene rings is 10. The topological polar surface area (TPSA) is 14.7 Å². The van der Waals surface area contributed by atoms with Gasteiger partial charge in [0, 0.05) is 50.9 Å². The van der Waals surface area contributed by atoms with Crippen LogP contribution < -0.4 is 31.1 Å². The predicted molar refractivity (Wildman–Crippen MR) is 344 cm³/mol. The molecule has 5 heteroatoms. The molecule has 1 aromatic heterocycles. The highest BCUT2D eigenvalue weighted by Crippen LogP contribution is 2.52. The summed E-state index contributed by atoms with van der Waals surface area (Å²) in [5.41, 5.74) is 24.8. The average molecular weight is 1040 g/mol. The van der Waals surface area contributed by atoms with Crippen molar-refractivity contribution in [1.29, 1.82) is 0 Å². The Balaban J connectivity index is 1.20. The largest absolute Gasteiger partial charge is 0.311 e. The third kappa shape index (κ3) is 8.62. The van der Waals surface area contributed by atoms with Crippen LogP contribution in [0.15, 0.2) is 237 Å². The Bertz CT molecular complexity index is 4080. The second-order valence-corrected chi connectivity index (χ2v) is 25.2. The first kappa shape index (κ1) is 50.7. The fourth-order valence-electron chi connectivity index (χ4n) is 12.6. The van der Waals surface area contributed by atoms with Gasteiger partial charge in [0.15, 0.2) is 0 Å². The van der Waals surface area contributed by atoms with Gasteiger partial charge < -0.3 is 9.80 Å². The summed E-state index contributed by atoms with van der Waals surface area (Å²) in [5.74, 6) is 1.15. The van der Waals surface area contributed by atoms with Crippen LogP contribution >= 0.6 is 0 Å². The lowest BCUT2D eigenvalue weighted by Crippen LogP contribution is -2.61. The van der Waals surface area contributed by atoms with E-state index in [2.05, 4.69) is 325 Å². The number of anilines is 9. The van der Waals surface area contributed by atoms with Gasteiger partial charge in [-0.2, -0.15) is 0 Å². The van der Waals surface area contributed by atoms with Crippen LogP contribution in [0.4, 0.5) is 51.3 Å². The van der Waals surface area contributed by atoms with Crippen molar-refractivity contribution in [2.24, 2.45) is 0 Å². The van der Waals surface area contributed by atoms with Gasteiger partial charge in [-0.15, -0.1) is 0 Å². The Morgan fingerprint density at radius 2 is 0.875 bits per heavy atom. The van der Waals surface area contributed by atoms with Gasteiger partial charge in [-0.25, -0.2) is 0 Å². The molecule has 11 aromatic rings. The van der Waals surface area contributed by atoms with Crippen LogP contribution in [0.25, 0.3) is 38.8 Å². The van der Waals surface area contributed by atoms with E-state index in [1.807, 2.05) is 0 Å². The van der Waals surface area contributed by atoms with Gasteiger partial charge in [0.25, 0.3) is 6.71 Å². The van der Waals surface area contributed by atoms with Crippen LogP contribution in [0.2, 0.25) is 0 Å². The summed E-state index contributed by atoms with van der Waals surface area (Å²) in [6, 6.07) is 88.9. The fourth-order valence-corrected chi connectivity index (χ4v) is 12.6. The fraction of sp³-hybridized carbons (Fsp3) is 0.173. The molecular formula is C75H69BN4. The molecule has 2 aliphatic heterocycles. The molecular weight excluding hydrogens is 968 g/mol. The Morgan fingerprint density at radius 1 is 0.362 bits per heavy atom. The molecule has 0 saturated heterocycles. The molecule has 0 spiro atoms. The normalized spacial score (nSPS) is 13.1. The molecule has 13 rings (SSSR count). The first-order valence-corrected chi connectivity index (χ1v) is 28.5. The number of nitrogens with zero attached hydrogens (tertiary/aromatic N) is 4. The Morgan fingerprint density at radius 3 is 1.48 bits per heavy atom. The third-order valence-corrected chi connectivity index (χ3v) is 16.7. The lowest BCUT2D eigenvalue weighted by Gasteiger charge is -2.44. The van der Waals surface area contributed by atoms with E-state index >= 15 is 0 Å². The maximum atomic E-state index is 2.66. The van der Waals surface area contributed by atoms with Crippen LogP contribution in [0.3, 0.4) is 0 Å². The second kappa shape index (κ2) is 19.2. The zero-order valence-corrected chi connectivity index (χ0v) is 47.9. The van der Waals surface area contributed by atoms with Crippen molar-refractivity contribution in [1.82, 2.24) is 4.57 Å². The Kier molecular flexibility index (Phi) is 12.2. The predicted octanol–water partition coefficient (Wildman–Crippen LogP) is 18.7. The number of fused-ring (bicyclic) bond motifs is 6. The second-order valence-electron chi connectivity index (χ2n) is 25.2. The number of hydrogen-bond acceptors (Lipinski definition) is 3. The van der Waals surface area contributed by atoms with Crippen molar-refractivity contribution in [3.63, 3.8) is 0 Å². The van der Waals surface area contributed by atoms with Gasteiger partial charge >= 0.3 is 0 Å². The summed E-state index contributed by atoms with van der Waals surface area (Å²) in [7, 11) is 0. The van der Waals surface area contributed by atoms with Crippen molar-refractivity contribution < 1.29 is 0 Å². The zero-order valence-electron chi connectivity index (χ0n) is 47.9. The first-order valence-electron chi connectivity index (χ1n) is 28.5. The third-order valence-electron chi connectivity index (χ3n) is 16.7. The van der Waals surface area contributed by atoms with E-state index < -0.39 is 0 Å². The number of aryl methyl sites for hydroxylation is 1. The molecule has 0 bridgehead atoms.